The zero-order chi connectivity index (χ0) is 22.4. The molecular weight excluding hydrogens is 407 g/mol. The second-order valence-electron chi connectivity index (χ2n) is 7.89. The molecule has 8 heteroatoms. The molecule has 168 valence electrons. The maximum atomic E-state index is 13.3. The number of carbonyl (C=O) groups is 1. The molecule has 1 saturated heterocycles. The normalized spacial score (nSPS) is 15.5. The molecule has 0 bridgehead atoms. The molecule has 3 rings (SSSR count). The lowest BCUT2D eigenvalue weighted by Gasteiger charge is -2.31. The van der Waals surface area contributed by atoms with Crippen LogP contribution in [0.25, 0.3) is 0 Å². The minimum atomic E-state index is -4.50. The van der Waals surface area contributed by atoms with Crippen LogP contribution in [-0.2, 0) is 11.0 Å². The molecule has 1 amide bonds. The van der Waals surface area contributed by atoms with Crippen molar-refractivity contribution >= 4 is 23.0 Å². The number of nitrogens with one attached hydrogen (secondary N) is 1. The molecule has 5 nitrogen and oxygen atoms in total. The fraction of sp³-hybridized carbons (Fsp3) is 0.435. The van der Waals surface area contributed by atoms with Gasteiger partial charge in [-0.2, -0.15) is 13.2 Å². The Hall–Kier alpha value is -2.74. The number of hydrogen-bond acceptors (Lipinski definition) is 4. The maximum absolute atomic E-state index is 13.3. The van der Waals surface area contributed by atoms with Crippen LogP contribution in [0.5, 0.6) is 0 Å². The Morgan fingerprint density at radius 2 is 1.81 bits per heavy atom. The van der Waals surface area contributed by atoms with Crippen molar-refractivity contribution in [1.29, 1.82) is 0 Å². The van der Waals surface area contributed by atoms with E-state index in [0.717, 1.165) is 50.2 Å². The van der Waals surface area contributed by atoms with E-state index in [0.29, 0.717) is 5.69 Å². The van der Waals surface area contributed by atoms with Gasteiger partial charge in [0.15, 0.2) is 0 Å². The van der Waals surface area contributed by atoms with Gasteiger partial charge in [0.25, 0.3) is 0 Å². The summed E-state index contributed by atoms with van der Waals surface area (Å²) in [5.41, 5.74) is 0.709. The second-order valence-corrected chi connectivity index (χ2v) is 7.89. The highest BCUT2D eigenvalue weighted by Gasteiger charge is 2.32. The fourth-order valence-corrected chi connectivity index (χ4v) is 3.81. The van der Waals surface area contributed by atoms with Crippen molar-refractivity contribution in [2.24, 2.45) is 0 Å². The maximum Gasteiger partial charge on any atom is 0.416 e. The van der Waals surface area contributed by atoms with Gasteiger partial charge in [-0.3, -0.25) is 4.79 Å². The number of para-hydroxylation sites is 1. The molecule has 1 unspecified atom stereocenters. The number of hydrogen-bond donors (Lipinski definition) is 2. The SMILES string of the molecule is CC(O)CN(CC(=O)Nc1cc(C(F)(F)F)ccc1N1CCCCC1)c1ccccc1. The lowest BCUT2D eigenvalue weighted by Crippen LogP contribution is -2.38. The third kappa shape index (κ3) is 6.37. The first-order valence-electron chi connectivity index (χ1n) is 10.5. The van der Waals surface area contributed by atoms with E-state index in [1.165, 1.54) is 6.07 Å². The lowest BCUT2D eigenvalue weighted by molar-refractivity contribution is -0.137. The summed E-state index contributed by atoms with van der Waals surface area (Å²) in [6.07, 6.45) is -2.16. The average Bonchev–Trinajstić information content (AvgIpc) is 2.73. The van der Waals surface area contributed by atoms with Crippen LogP contribution in [0.15, 0.2) is 48.5 Å². The van der Waals surface area contributed by atoms with Crippen molar-refractivity contribution in [1.82, 2.24) is 0 Å². The van der Waals surface area contributed by atoms with Gasteiger partial charge >= 0.3 is 6.18 Å². The molecule has 1 aliphatic rings. The van der Waals surface area contributed by atoms with E-state index in [1.54, 1.807) is 11.8 Å². The standard InChI is InChI=1S/C23H28F3N3O2/c1-17(30)15-29(19-8-4-2-5-9-19)16-22(31)27-20-14-18(23(24,25)26)10-11-21(20)28-12-6-3-7-13-28/h2,4-5,8-11,14,17,30H,3,6-7,12-13,15-16H2,1H3,(H,27,31). The van der Waals surface area contributed by atoms with Gasteiger partial charge in [0.05, 0.1) is 29.6 Å². The molecule has 2 aromatic rings. The third-order valence-electron chi connectivity index (χ3n) is 5.24. The quantitative estimate of drug-likeness (QED) is 0.672. The van der Waals surface area contributed by atoms with Crippen molar-refractivity contribution < 1.29 is 23.1 Å². The van der Waals surface area contributed by atoms with Gasteiger partial charge in [-0.05, 0) is 56.5 Å². The van der Waals surface area contributed by atoms with Gasteiger partial charge in [0, 0.05) is 25.3 Å². The molecule has 0 aromatic heterocycles. The summed E-state index contributed by atoms with van der Waals surface area (Å²) in [5.74, 6) is -0.443. The monoisotopic (exact) mass is 435 g/mol. The Morgan fingerprint density at radius 3 is 2.42 bits per heavy atom. The molecule has 0 saturated carbocycles. The Morgan fingerprint density at radius 1 is 1.13 bits per heavy atom. The van der Waals surface area contributed by atoms with Crippen LogP contribution in [0.3, 0.4) is 0 Å². The highest BCUT2D eigenvalue weighted by atomic mass is 19.4. The van der Waals surface area contributed by atoms with Crippen LogP contribution >= 0.6 is 0 Å². The first kappa shape index (κ1) is 22.9. The van der Waals surface area contributed by atoms with Crippen LogP contribution in [0.1, 0.15) is 31.7 Å². The number of aliphatic hydroxyl groups excluding tert-OH is 1. The van der Waals surface area contributed by atoms with E-state index >= 15 is 0 Å². The number of piperidine rings is 1. The number of halogens is 3. The van der Waals surface area contributed by atoms with Gasteiger partial charge in [-0.25, -0.2) is 0 Å². The molecule has 1 fully saturated rings. The summed E-state index contributed by atoms with van der Waals surface area (Å²) in [6, 6.07) is 12.6. The highest BCUT2D eigenvalue weighted by Crippen LogP contribution is 2.36. The van der Waals surface area contributed by atoms with Crippen molar-refractivity contribution in [3.63, 3.8) is 0 Å². The predicted octanol–water partition coefficient (Wildman–Crippen LogP) is 4.52. The van der Waals surface area contributed by atoms with Crippen LogP contribution in [-0.4, -0.2) is 43.3 Å². The summed E-state index contributed by atoms with van der Waals surface area (Å²) in [5, 5.41) is 12.5. The number of benzene rings is 2. The third-order valence-corrected chi connectivity index (χ3v) is 5.24. The summed E-state index contributed by atoms with van der Waals surface area (Å²) in [7, 11) is 0. The summed E-state index contributed by atoms with van der Waals surface area (Å²) < 4.78 is 39.9. The van der Waals surface area contributed by atoms with Crippen LogP contribution in [0.2, 0.25) is 0 Å². The summed E-state index contributed by atoms with van der Waals surface area (Å²) in [6.45, 7) is 3.23. The zero-order valence-electron chi connectivity index (χ0n) is 17.5. The van der Waals surface area contributed by atoms with E-state index in [9.17, 15) is 23.1 Å². The van der Waals surface area contributed by atoms with Gasteiger partial charge in [0.1, 0.15) is 0 Å². The predicted molar refractivity (Wildman–Crippen MR) is 116 cm³/mol. The summed E-state index contributed by atoms with van der Waals surface area (Å²) in [4.78, 5) is 16.6. The van der Waals surface area contributed by atoms with Gasteiger partial charge in [0.2, 0.25) is 5.91 Å². The molecule has 2 N–H and O–H groups in total. The van der Waals surface area contributed by atoms with E-state index in [1.807, 2.05) is 35.2 Å². The number of carbonyl (C=O) groups excluding carboxylic acids is 1. The molecule has 31 heavy (non-hydrogen) atoms. The number of rotatable bonds is 7. The Bertz CT molecular complexity index is 866. The molecular formula is C23H28F3N3O2. The van der Waals surface area contributed by atoms with Crippen LogP contribution < -0.4 is 15.1 Å². The first-order valence-corrected chi connectivity index (χ1v) is 10.5. The Labute approximate surface area is 180 Å². The van der Waals surface area contributed by atoms with Gasteiger partial charge < -0.3 is 20.2 Å². The van der Waals surface area contributed by atoms with E-state index in [2.05, 4.69) is 5.32 Å². The molecule has 1 atom stereocenters. The Kier molecular flexibility index (Phi) is 7.43. The molecule has 0 aliphatic carbocycles. The minimum Gasteiger partial charge on any atom is -0.392 e. The van der Waals surface area contributed by atoms with Crippen LogP contribution in [0, 0.1) is 0 Å². The minimum absolute atomic E-state index is 0.0927. The fourth-order valence-electron chi connectivity index (χ4n) is 3.81. The first-order chi connectivity index (χ1) is 14.7. The summed E-state index contributed by atoms with van der Waals surface area (Å²) >= 11 is 0. The smallest absolute Gasteiger partial charge is 0.392 e. The lowest BCUT2D eigenvalue weighted by atomic mass is 10.1. The average molecular weight is 435 g/mol. The van der Waals surface area contributed by atoms with Gasteiger partial charge in [-0.1, -0.05) is 18.2 Å². The van der Waals surface area contributed by atoms with E-state index < -0.39 is 23.8 Å². The molecule has 1 heterocycles. The van der Waals surface area contributed by atoms with Crippen molar-refractivity contribution in [2.75, 3.05) is 41.3 Å². The van der Waals surface area contributed by atoms with Crippen molar-refractivity contribution in [3.8, 4) is 0 Å². The van der Waals surface area contributed by atoms with Crippen molar-refractivity contribution in [2.45, 2.75) is 38.5 Å². The number of amides is 1. The molecule has 2 aromatic carbocycles. The topological polar surface area (TPSA) is 55.8 Å². The Balaban J connectivity index is 1.83. The number of nitrogens with zero attached hydrogens (tertiary/aromatic N) is 2. The molecule has 0 spiro atoms. The largest absolute Gasteiger partial charge is 0.416 e. The van der Waals surface area contributed by atoms with Crippen molar-refractivity contribution in [3.05, 3.63) is 54.1 Å². The van der Waals surface area contributed by atoms with Crippen LogP contribution in [0.4, 0.5) is 30.2 Å². The highest BCUT2D eigenvalue weighted by molar-refractivity contribution is 5.97. The molecule has 1 aliphatic heterocycles. The zero-order valence-corrected chi connectivity index (χ0v) is 17.5. The van der Waals surface area contributed by atoms with E-state index in [-0.39, 0.29) is 18.8 Å². The van der Waals surface area contributed by atoms with Gasteiger partial charge in [-0.15, -0.1) is 0 Å². The number of anilines is 3. The number of alkyl halides is 3. The number of aliphatic hydroxyl groups is 1. The second kappa shape index (κ2) is 10.0. The molecule has 0 radical (unpaired) electrons. The van der Waals surface area contributed by atoms with E-state index in [4.69, 9.17) is 0 Å².